The molecule has 2 aromatic rings. The molecule has 2 rings (SSSR count). The van der Waals surface area contributed by atoms with Gasteiger partial charge in [0, 0.05) is 11.3 Å². The molecule has 0 aromatic heterocycles. The molecule has 0 unspecified atom stereocenters. The lowest BCUT2D eigenvalue weighted by atomic mass is 10.1. The van der Waals surface area contributed by atoms with Crippen molar-refractivity contribution in [1.82, 2.24) is 0 Å². The van der Waals surface area contributed by atoms with Crippen LogP contribution in [0, 0.1) is 11.6 Å². The summed E-state index contributed by atoms with van der Waals surface area (Å²) >= 11 is 5.76. The van der Waals surface area contributed by atoms with Gasteiger partial charge in [0.05, 0.1) is 17.1 Å². The highest BCUT2D eigenvalue weighted by Crippen LogP contribution is 2.22. The van der Waals surface area contributed by atoms with Crippen LogP contribution >= 0.6 is 11.6 Å². The Hall–Kier alpha value is -2.14. The van der Waals surface area contributed by atoms with Crippen LogP contribution in [0.15, 0.2) is 36.4 Å². The van der Waals surface area contributed by atoms with Crippen LogP contribution in [-0.2, 0) is 11.2 Å². The van der Waals surface area contributed by atoms with Crippen LogP contribution in [0.4, 0.5) is 20.2 Å². The second-order valence-corrected chi connectivity index (χ2v) is 4.58. The first-order valence-corrected chi connectivity index (χ1v) is 6.13. The van der Waals surface area contributed by atoms with Crippen LogP contribution in [0.5, 0.6) is 0 Å². The van der Waals surface area contributed by atoms with Crippen molar-refractivity contribution in [2.24, 2.45) is 0 Å². The van der Waals surface area contributed by atoms with Gasteiger partial charge in [-0.05, 0) is 24.3 Å². The molecule has 0 radical (unpaired) electrons. The maximum Gasteiger partial charge on any atom is 0.228 e. The number of halogens is 3. The highest BCUT2D eigenvalue weighted by molar-refractivity contribution is 6.33. The lowest BCUT2D eigenvalue weighted by Crippen LogP contribution is -2.15. The van der Waals surface area contributed by atoms with Crippen LogP contribution in [0.2, 0.25) is 5.02 Å². The zero-order valence-corrected chi connectivity index (χ0v) is 11.0. The van der Waals surface area contributed by atoms with Gasteiger partial charge in [-0.25, -0.2) is 8.78 Å². The van der Waals surface area contributed by atoms with E-state index in [1.54, 1.807) is 6.07 Å². The van der Waals surface area contributed by atoms with Crippen LogP contribution in [0.3, 0.4) is 0 Å². The summed E-state index contributed by atoms with van der Waals surface area (Å²) in [5.41, 5.74) is 6.35. The predicted octanol–water partition coefficient (Wildman–Crippen LogP) is 3.38. The molecular weight excluding hydrogens is 286 g/mol. The Labute approximate surface area is 119 Å². The summed E-state index contributed by atoms with van der Waals surface area (Å²) in [5.74, 6) is -2.47. The van der Waals surface area contributed by atoms with Crippen molar-refractivity contribution in [3.05, 3.63) is 58.6 Å². The zero-order chi connectivity index (χ0) is 14.7. The average Bonchev–Trinajstić information content (AvgIpc) is 2.39. The molecule has 0 bridgehead atoms. The molecule has 3 N–H and O–H groups in total. The average molecular weight is 297 g/mol. The fourth-order valence-electron chi connectivity index (χ4n) is 1.68. The minimum atomic E-state index is -1.02. The molecule has 0 aliphatic heterocycles. The normalized spacial score (nSPS) is 10.3. The molecule has 104 valence electrons. The van der Waals surface area contributed by atoms with Crippen LogP contribution in [0.1, 0.15) is 5.56 Å². The Morgan fingerprint density at radius 1 is 1.25 bits per heavy atom. The monoisotopic (exact) mass is 296 g/mol. The number of nitrogens with two attached hydrogens (primary N) is 1. The number of carbonyl (C=O) groups excluding carboxylic acids is 1. The Balaban J connectivity index is 2.09. The van der Waals surface area contributed by atoms with Gasteiger partial charge in [0.1, 0.15) is 0 Å². The van der Waals surface area contributed by atoms with Gasteiger partial charge in [0.15, 0.2) is 11.6 Å². The summed E-state index contributed by atoms with van der Waals surface area (Å²) in [4.78, 5) is 11.8. The van der Waals surface area contributed by atoms with Crippen molar-refractivity contribution in [2.45, 2.75) is 6.42 Å². The van der Waals surface area contributed by atoms with Crippen molar-refractivity contribution in [1.29, 1.82) is 0 Å². The largest absolute Gasteiger partial charge is 0.397 e. The van der Waals surface area contributed by atoms with Gasteiger partial charge in [-0.1, -0.05) is 23.7 Å². The van der Waals surface area contributed by atoms with Gasteiger partial charge in [-0.15, -0.1) is 0 Å². The minimum Gasteiger partial charge on any atom is -0.397 e. The molecule has 0 fully saturated rings. The number of amides is 1. The van der Waals surface area contributed by atoms with Gasteiger partial charge in [0.2, 0.25) is 5.91 Å². The molecule has 3 nitrogen and oxygen atoms in total. The van der Waals surface area contributed by atoms with Crippen LogP contribution in [0.25, 0.3) is 0 Å². The Kier molecular flexibility index (Phi) is 4.20. The Morgan fingerprint density at radius 2 is 2.00 bits per heavy atom. The van der Waals surface area contributed by atoms with E-state index < -0.39 is 17.5 Å². The summed E-state index contributed by atoms with van der Waals surface area (Å²) in [5, 5.41) is 2.91. The molecule has 1 amide bonds. The Bertz CT molecular complexity index is 662. The van der Waals surface area contributed by atoms with Gasteiger partial charge >= 0.3 is 0 Å². The van der Waals surface area contributed by atoms with E-state index in [4.69, 9.17) is 17.3 Å². The van der Waals surface area contributed by atoms with E-state index in [1.807, 2.05) is 0 Å². The molecule has 0 spiro atoms. The number of hydrogen-bond donors (Lipinski definition) is 2. The molecule has 2 aromatic carbocycles. The van der Waals surface area contributed by atoms with E-state index >= 15 is 0 Å². The second kappa shape index (κ2) is 5.88. The molecule has 6 heteroatoms. The summed E-state index contributed by atoms with van der Waals surface area (Å²) in [6.45, 7) is 0. The Morgan fingerprint density at radius 3 is 2.70 bits per heavy atom. The maximum absolute atomic E-state index is 13.4. The van der Waals surface area contributed by atoms with E-state index in [2.05, 4.69) is 5.32 Å². The van der Waals surface area contributed by atoms with Crippen molar-refractivity contribution in [3.63, 3.8) is 0 Å². The molecule has 0 atom stereocenters. The first kappa shape index (κ1) is 14.3. The number of nitrogen functional groups attached to an aromatic ring is 1. The van der Waals surface area contributed by atoms with E-state index in [-0.39, 0.29) is 12.0 Å². The van der Waals surface area contributed by atoms with Gasteiger partial charge in [-0.2, -0.15) is 0 Å². The molecule has 20 heavy (non-hydrogen) atoms. The molecule has 0 saturated heterocycles. The van der Waals surface area contributed by atoms with Gasteiger partial charge < -0.3 is 11.1 Å². The van der Waals surface area contributed by atoms with Crippen molar-refractivity contribution in [3.8, 4) is 0 Å². The second-order valence-electron chi connectivity index (χ2n) is 4.17. The minimum absolute atomic E-state index is 0.00978. The lowest BCUT2D eigenvalue weighted by molar-refractivity contribution is -0.115. The quantitative estimate of drug-likeness (QED) is 0.853. The molecule has 0 aliphatic carbocycles. The first-order valence-electron chi connectivity index (χ1n) is 5.75. The fraction of sp³-hybridized carbons (Fsp3) is 0.0714. The summed E-state index contributed by atoms with van der Waals surface area (Å²) in [6, 6.07) is 8.29. The standard InChI is InChI=1S/C14H11ClF2N2O/c15-10-5-4-9(7-12(10)18)19-13(20)6-8-2-1-3-11(16)14(8)17/h1-5,7H,6,18H2,(H,19,20). The third-order valence-corrected chi connectivity index (χ3v) is 3.01. The van der Waals surface area contributed by atoms with E-state index in [9.17, 15) is 13.6 Å². The van der Waals surface area contributed by atoms with Crippen molar-refractivity contribution < 1.29 is 13.6 Å². The summed E-state index contributed by atoms with van der Waals surface area (Å²) in [7, 11) is 0. The maximum atomic E-state index is 13.4. The molecule has 0 saturated carbocycles. The fourth-order valence-corrected chi connectivity index (χ4v) is 1.80. The predicted molar refractivity (Wildman–Crippen MR) is 74.6 cm³/mol. The molecule has 0 aliphatic rings. The third-order valence-electron chi connectivity index (χ3n) is 2.66. The third kappa shape index (κ3) is 3.24. The summed E-state index contributed by atoms with van der Waals surface area (Å²) < 4.78 is 26.4. The first-order chi connectivity index (χ1) is 9.47. The SMILES string of the molecule is Nc1cc(NC(=O)Cc2cccc(F)c2F)ccc1Cl. The number of benzene rings is 2. The van der Waals surface area contributed by atoms with Crippen LogP contribution in [-0.4, -0.2) is 5.91 Å². The summed E-state index contributed by atoms with van der Waals surface area (Å²) in [6.07, 6.45) is -0.272. The highest BCUT2D eigenvalue weighted by Gasteiger charge is 2.12. The number of hydrogen-bond acceptors (Lipinski definition) is 2. The van der Waals surface area contributed by atoms with Crippen molar-refractivity contribution >= 4 is 28.9 Å². The van der Waals surface area contributed by atoms with Crippen LogP contribution < -0.4 is 11.1 Å². The molecular formula is C14H11ClF2N2O. The zero-order valence-electron chi connectivity index (χ0n) is 10.3. The van der Waals surface area contributed by atoms with E-state index in [1.165, 1.54) is 24.3 Å². The van der Waals surface area contributed by atoms with E-state index in [0.717, 1.165) is 6.07 Å². The number of nitrogens with one attached hydrogen (secondary N) is 1. The van der Waals surface area contributed by atoms with Crippen molar-refractivity contribution in [2.75, 3.05) is 11.1 Å². The number of anilines is 2. The van der Waals surface area contributed by atoms with Gasteiger partial charge in [-0.3, -0.25) is 4.79 Å². The molecule has 0 heterocycles. The number of carbonyl (C=O) groups is 1. The lowest BCUT2D eigenvalue weighted by Gasteiger charge is -2.07. The smallest absolute Gasteiger partial charge is 0.228 e. The number of rotatable bonds is 3. The highest BCUT2D eigenvalue weighted by atomic mass is 35.5. The van der Waals surface area contributed by atoms with Gasteiger partial charge in [0.25, 0.3) is 0 Å². The topological polar surface area (TPSA) is 55.1 Å². The van der Waals surface area contributed by atoms with E-state index in [0.29, 0.717) is 16.4 Å².